The van der Waals surface area contributed by atoms with Crippen molar-refractivity contribution in [2.75, 3.05) is 19.8 Å². The van der Waals surface area contributed by atoms with Gasteiger partial charge in [0.15, 0.2) is 6.10 Å². The number of carbonyl (C=O) groups excluding carboxylic acids is 2. The molecule has 0 aliphatic heterocycles. The van der Waals surface area contributed by atoms with Crippen molar-refractivity contribution in [3.05, 3.63) is 24.3 Å². The quantitative estimate of drug-likeness (QED) is 0.0230. The fraction of sp³-hybridized carbons (Fsp3) is 0.860. The molecule has 0 aromatic heterocycles. The highest BCUT2D eigenvalue weighted by Gasteiger charge is 2.28. The molecule has 0 aliphatic rings. The molecular weight excluding hydrogens is 806 g/mol. The van der Waals surface area contributed by atoms with Crippen LogP contribution in [-0.4, -0.2) is 59.9 Å². The molecule has 0 fully saturated rings. The second-order valence-electron chi connectivity index (χ2n) is 17.3. The van der Waals surface area contributed by atoms with E-state index in [0.29, 0.717) is 12.8 Å². The van der Waals surface area contributed by atoms with Gasteiger partial charge in [-0.25, -0.2) is 4.57 Å². The number of allylic oxidation sites excluding steroid dienone is 4. The molecule has 3 unspecified atom stereocenters. The molecule has 0 saturated heterocycles. The Hall–Kier alpha value is -2.04. The molecule has 62 heavy (non-hydrogen) atoms. The van der Waals surface area contributed by atoms with Gasteiger partial charge in [0.1, 0.15) is 12.6 Å². The van der Waals surface area contributed by atoms with Crippen molar-refractivity contribution in [3.63, 3.8) is 0 Å². The molecule has 12 heteroatoms. The number of carboxylic acids is 1. The summed E-state index contributed by atoms with van der Waals surface area (Å²) < 4.78 is 32.8. The van der Waals surface area contributed by atoms with E-state index >= 15 is 0 Å². The zero-order chi connectivity index (χ0) is 45.6. The van der Waals surface area contributed by atoms with Crippen LogP contribution in [-0.2, 0) is 37.5 Å². The van der Waals surface area contributed by atoms with E-state index in [9.17, 15) is 23.8 Å². The maximum Gasteiger partial charge on any atom is 0.472 e. The van der Waals surface area contributed by atoms with Gasteiger partial charge in [-0.3, -0.25) is 23.4 Å². The first-order valence-electron chi connectivity index (χ1n) is 25.4. The number of phosphoric acid groups is 1. The van der Waals surface area contributed by atoms with Crippen molar-refractivity contribution in [2.45, 2.75) is 257 Å². The van der Waals surface area contributed by atoms with E-state index in [1.165, 1.54) is 141 Å². The average Bonchev–Trinajstić information content (AvgIpc) is 3.25. The Morgan fingerprint density at radius 1 is 0.500 bits per heavy atom. The Morgan fingerprint density at radius 3 is 1.31 bits per heavy atom. The van der Waals surface area contributed by atoms with Gasteiger partial charge in [-0.15, -0.1) is 0 Å². The predicted octanol–water partition coefficient (Wildman–Crippen LogP) is 14.2. The fourth-order valence-electron chi connectivity index (χ4n) is 7.20. The van der Waals surface area contributed by atoms with Crippen LogP contribution >= 0.6 is 7.82 Å². The first kappa shape index (κ1) is 60.0. The Morgan fingerprint density at radius 2 is 0.871 bits per heavy atom. The third-order valence-electron chi connectivity index (χ3n) is 11.2. The largest absolute Gasteiger partial charge is 0.480 e. The summed E-state index contributed by atoms with van der Waals surface area (Å²) in [6, 6.07) is -1.52. The van der Waals surface area contributed by atoms with E-state index in [-0.39, 0.29) is 19.4 Å². The van der Waals surface area contributed by atoms with Gasteiger partial charge in [-0.1, -0.05) is 218 Å². The summed E-state index contributed by atoms with van der Waals surface area (Å²) in [6.45, 7) is 2.79. The minimum Gasteiger partial charge on any atom is -0.480 e. The van der Waals surface area contributed by atoms with Crippen LogP contribution in [0.25, 0.3) is 0 Å². The van der Waals surface area contributed by atoms with Crippen LogP contribution in [0.5, 0.6) is 0 Å². The first-order valence-corrected chi connectivity index (χ1v) is 26.9. The van der Waals surface area contributed by atoms with Gasteiger partial charge in [0.05, 0.1) is 13.2 Å². The summed E-state index contributed by atoms with van der Waals surface area (Å²) in [5, 5.41) is 8.91. The van der Waals surface area contributed by atoms with E-state index in [1.54, 1.807) is 0 Å². The van der Waals surface area contributed by atoms with Crippen LogP contribution < -0.4 is 5.73 Å². The lowest BCUT2D eigenvalue weighted by Gasteiger charge is -2.20. The topological polar surface area (TPSA) is 172 Å². The lowest BCUT2D eigenvalue weighted by Crippen LogP contribution is -2.34. The van der Waals surface area contributed by atoms with Crippen LogP contribution in [0.2, 0.25) is 0 Å². The molecule has 11 nitrogen and oxygen atoms in total. The first-order chi connectivity index (χ1) is 30.1. The van der Waals surface area contributed by atoms with E-state index in [0.717, 1.165) is 64.2 Å². The molecule has 0 aromatic rings. The normalized spacial score (nSPS) is 13.7. The van der Waals surface area contributed by atoms with Crippen LogP contribution in [0.15, 0.2) is 24.3 Å². The summed E-state index contributed by atoms with van der Waals surface area (Å²) in [6.07, 6.45) is 49.7. The fourth-order valence-corrected chi connectivity index (χ4v) is 7.98. The van der Waals surface area contributed by atoms with Gasteiger partial charge in [-0.2, -0.15) is 0 Å². The van der Waals surface area contributed by atoms with Crippen molar-refractivity contribution < 1.29 is 47.5 Å². The summed E-state index contributed by atoms with van der Waals surface area (Å²) >= 11 is 0. The van der Waals surface area contributed by atoms with E-state index in [2.05, 4.69) is 42.7 Å². The minimum atomic E-state index is -4.72. The van der Waals surface area contributed by atoms with Crippen LogP contribution in [0.1, 0.15) is 245 Å². The molecule has 0 heterocycles. The number of nitrogens with two attached hydrogens (primary N) is 1. The Kier molecular flexibility index (Phi) is 44.0. The molecule has 0 radical (unpaired) electrons. The number of phosphoric ester groups is 1. The number of esters is 2. The number of hydrogen-bond donors (Lipinski definition) is 3. The second kappa shape index (κ2) is 45.5. The van der Waals surface area contributed by atoms with Crippen LogP contribution in [0.3, 0.4) is 0 Å². The highest BCUT2D eigenvalue weighted by atomic mass is 31.2. The number of carboxylic acid groups (broad SMARTS) is 1. The van der Waals surface area contributed by atoms with E-state index < -0.39 is 51.1 Å². The highest BCUT2D eigenvalue weighted by molar-refractivity contribution is 7.47. The SMILES string of the molecule is CCCC/C=C\C/C=C\CCCCCCCC(=O)OC(COC(=O)CCCCCCCCCCCCCCCCCCCCCCCCCC)COP(=O)(O)OCC(N)C(=O)O. The summed E-state index contributed by atoms with van der Waals surface area (Å²) in [4.78, 5) is 46.1. The second-order valence-corrected chi connectivity index (χ2v) is 18.8. The molecule has 0 spiro atoms. The molecule has 3 atom stereocenters. The molecule has 364 valence electrons. The monoisotopic (exact) mass is 900 g/mol. The van der Waals surface area contributed by atoms with Crippen LogP contribution in [0, 0.1) is 0 Å². The van der Waals surface area contributed by atoms with Crippen molar-refractivity contribution in [1.82, 2.24) is 0 Å². The van der Waals surface area contributed by atoms with Gasteiger partial charge in [0.2, 0.25) is 0 Å². The van der Waals surface area contributed by atoms with Crippen LogP contribution in [0.4, 0.5) is 0 Å². The zero-order valence-corrected chi connectivity index (χ0v) is 40.6. The predicted molar refractivity (Wildman–Crippen MR) is 254 cm³/mol. The molecule has 0 rings (SSSR count). The number of ether oxygens (including phenoxy) is 2. The molecule has 4 N–H and O–H groups in total. The maximum atomic E-state index is 12.6. The van der Waals surface area contributed by atoms with Gasteiger partial charge in [-0.05, 0) is 38.5 Å². The van der Waals surface area contributed by atoms with Gasteiger partial charge in [0, 0.05) is 12.8 Å². The highest BCUT2D eigenvalue weighted by Crippen LogP contribution is 2.43. The summed E-state index contributed by atoms with van der Waals surface area (Å²) in [5.41, 5.74) is 5.34. The summed E-state index contributed by atoms with van der Waals surface area (Å²) in [7, 11) is -4.72. The maximum absolute atomic E-state index is 12.6. The number of unbranched alkanes of at least 4 members (excludes halogenated alkanes) is 30. The van der Waals surface area contributed by atoms with Crippen molar-refractivity contribution in [1.29, 1.82) is 0 Å². The number of aliphatic carboxylic acids is 1. The van der Waals surface area contributed by atoms with Gasteiger partial charge in [0.25, 0.3) is 0 Å². The van der Waals surface area contributed by atoms with Crippen molar-refractivity contribution >= 4 is 25.7 Å². The summed E-state index contributed by atoms with van der Waals surface area (Å²) in [5.74, 6) is -2.38. The van der Waals surface area contributed by atoms with Crippen molar-refractivity contribution in [3.8, 4) is 0 Å². The Bertz CT molecular complexity index is 1150. The van der Waals surface area contributed by atoms with Crippen molar-refractivity contribution in [2.24, 2.45) is 5.73 Å². The molecule has 0 bridgehead atoms. The molecular formula is C50H94NO10P. The smallest absolute Gasteiger partial charge is 0.472 e. The molecule has 0 amide bonds. The number of hydrogen-bond acceptors (Lipinski definition) is 9. The molecule has 0 aliphatic carbocycles. The number of carbonyl (C=O) groups is 3. The lowest BCUT2D eigenvalue weighted by atomic mass is 10.0. The lowest BCUT2D eigenvalue weighted by molar-refractivity contribution is -0.161. The average molecular weight is 900 g/mol. The standard InChI is InChI=1S/C50H94NO10P/c1-3-5-7-9-11-13-15-17-19-20-21-22-23-24-25-26-27-28-30-31-33-35-37-39-41-48(52)58-43-46(44-59-62(56,57)60-45-47(51)50(54)55)61-49(53)42-40-38-36-34-32-29-18-16-14-12-10-8-6-4-2/h10,12,16,18,46-47H,3-9,11,13-15,17,19-45,51H2,1-2H3,(H,54,55)(H,56,57)/b12-10-,18-16-. The third-order valence-corrected chi connectivity index (χ3v) is 12.2. The van der Waals surface area contributed by atoms with E-state index in [1.807, 2.05) is 0 Å². The zero-order valence-electron chi connectivity index (χ0n) is 39.7. The Balaban J connectivity index is 4.15. The van der Waals surface area contributed by atoms with Gasteiger partial charge >= 0.3 is 25.7 Å². The molecule has 0 aromatic carbocycles. The molecule has 0 saturated carbocycles. The van der Waals surface area contributed by atoms with Gasteiger partial charge < -0.3 is 25.2 Å². The minimum absolute atomic E-state index is 0.148. The van der Waals surface area contributed by atoms with E-state index in [4.69, 9.17) is 24.8 Å². The number of rotatable bonds is 48. The third kappa shape index (κ3) is 44.6. The Labute approximate surface area is 379 Å².